The van der Waals surface area contributed by atoms with Crippen LogP contribution in [0.15, 0.2) is 30.9 Å². The van der Waals surface area contributed by atoms with Crippen LogP contribution >= 0.6 is 0 Å². The number of nitrogens with zero attached hydrogens (tertiary/aromatic N) is 4. The summed E-state index contributed by atoms with van der Waals surface area (Å²) in [7, 11) is 1.89. The lowest BCUT2D eigenvalue weighted by atomic mass is 10.1. The van der Waals surface area contributed by atoms with Crippen LogP contribution in [-0.2, 0) is 7.05 Å². The van der Waals surface area contributed by atoms with Gasteiger partial charge in [0.05, 0.1) is 12.2 Å². The van der Waals surface area contributed by atoms with E-state index in [0.717, 1.165) is 5.56 Å². The highest BCUT2D eigenvalue weighted by atomic mass is 15.3. The maximum atomic E-state index is 5.97. The molecule has 2 heterocycles. The summed E-state index contributed by atoms with van der Waals surface area (Å²) in [5.41, 5.74) is 7.05. The normalized spacial score (nSPS) is 15.1. The van der Waals surface area contributed by atoms with Crippen LogP contribution in [0.2, 0.25) is 0 Å². The van der Waals surface area contributed by atoms with Crippen molar-refractivity contribution in [3.63, 3.8) is 0 Å². The SMILES string of the molecule is CC(N)C(c1cnn(C)c1)n1cccn1. The lowest BCUT2D eigenvalue weighted by Crippen LogP contribution is -2.30. The Balaban J connectivity index is 2.36. The molecule has 2 rings (SSSR count). The van der Waals surface area contributed by atoms with Crippen molar-refractivity contribution in [2.45, 2.75) is 19.0 Å². The molecular formula is C10H15N5. The molecule has 2 aromatic rings. The van der Waals surface area contributed by atoms with E-state index in [0.29, 0.717) is 0 Å². The van der Waals surface area contributed by atoms with Gasteiger partial charge in [0.1, 0.15) is 0 Å². The molecule has 0 fully saturated rings. The Morgan fingerprint density at radius 1 is 1.40 bits per heavy atom. The van der Waals surface area contributed by atoms with Crippen molar-refractivity contribution in [2.24, 2.45) is 12.8 Å². The number of rotatable bonds is 3. The number of aromatic nitrogens is 4. The molecule has 0 saturated carbocycles. The highest BCUT2D eigenvalue weighted by molar-refractivity contribution is 5.13. The van der Waals surface area contributed by atoms with E-state index in [1.165, 1.54) is 0 Å². The largest absolute Gasteiger partial charge is 0.326 e. The Morgan fingerprint density at radius 2 is 2.20 bits per heavy atom. The summed E-state index contributed by atoms with van der Waals surface area (Å²) >= 11 is 0. The van der Waals surface area contributed by atoms with Gasteiger partial charge in [0.25, 0.3) is 0 Å². The summed E-state index contributed by atoms with van der Waals surface area (Å²) in [4.78, 5) is 0. The standard InChI is InChI=1S/C10H15N5/c1-8(11)10(15-5-3-4-12-15)9-6-13-14(2)7-9/h3-8,10H,11H2,1-2H3. The fourth-order valence-electron chi connectivity index (χ4n) is 1.74. The summed E-state index contributed by atoms with van der Waals surface area (Å²) in [6, 6.07) is 1.94. The van der Waals surface area contributed by atoms with Crippen LogP contribution in [0.25, 0.3) is 0 Å². The van der Waals surface area contributed by atoms with Crippen molar-refractivity contribution >= 4 is 0 Å². The van der Waals surface area contributed by atoms with E-state index in [1.807, 2.05) is 43.3 Å². The predicted octanol–water partition coefficient (Wildman–Crippen LogP) is 0.553. The summed E-state index contributed by atoms with van der Waals surface area (Å²) in [5, 5.41) is 8.37. The smallest absolute Gasteiger partial charge is 0.0946 e. The monoisotopic (exact) mass is 205 g/mol. The lowest BCUT2D eigenvalue weighted by Gasteiger charge is -2.19. The first-order chi connectivity index (χ1) is 7.18. The third kappa shape index (κ3) is 1.92. The van der Waals surface area contributed by atoms with Crippen LogP contribution < -0.4 is 5.73 Å². The van der Waals surface area contributed by atoms with Gasteiger partial charge >= 0.3 is 0 Å². The summed E-state index contributed by atoms with van der Waals surface area (Å²) in [5.74, 6) is 0. The second kappa shape index (κ2) is 3.86. The molecule has 15 heavy (non-hydrogen) atoms. The minimum atomic E-state index is -0.00546. The van der Waals surface area contributed by atoms with E-state index in [1.54, 1.807) is 10.9 Å². The van der Waals surface area contributed by atoms with Crippen LogP contribution in [0, 0.1) is 0 Å². The van der Waals surface area contributed by atoms with Gasteiger partial charge in [-0.3, -0.25) is 9.36 Å². The topological polar surface area (TPSA) is 61.7 Å². The van der Waals surface area contributed by atoms with Crippen molar-refractivity contribution in [3.8, 4) is 0 Å². The second-order valence-electron chi connectivity index (χ2n) is 3.74. The quantitative estimate of drug-likeness (QED) is 0.796. The van der Waals surface area contributed by atoms with Gasteiger partial charge in [-0.05, 0) is 13.0 Å². The number of nitrogens with two attached hydrogens (primary N) is 1. The molecule has 0 radical (unpaired) electrons. The van der Waals surface area contributed by atoms with E-state index in [-0.39, 0.29) is 12.1 Å². The van der Waals surface area contributed by atoms with Crippen molar-refractivity contribution in [2.75, 3.05) is 0 Å². The van der Waals surface area contributed by atoms with Crippen molar-refractivity contribution in [3.05, 3.63) is 36.4 Å². The van der Waals surface area contributed by atoms with Gasteiger partial charge in [-0.2, -0.15) is 10.2 Å². The van der Waals surface area contributed by atoms with Gasteiger partial charge in [0.15, 0.2) is 0 Å². The minimum Gasteiger partial charge on any atom is -0.326 e. The third-order valence-electron chi connectivity index (χ3n) is 2.37. The summed E-state index contributed by atoms with van der Waals surface area (Å²) in [6.07, 6.45) is 7.47. The maximum absolute atomic E-state index is 5.97. The predicted molar refractivity (Wildman–Crippen MR) is 57.2 cm³/mol. The second-order valence-corrected chi connectivity index (χ2v) is 3.74. The fraction of sp³-hybridized carbons (Fsp3) is 0.400. The first-order valence-corrected chi connectivity index (χ1v) is 4.91. The van der Waals surface area contributed by atoms with Gasteiger partial charge < -0.3 is 5.73 Å². The fourth-order valence-corrected chi connectivity index (χ4v) is 1.74. The van der Waals surface area contributed by atoms with E-state index in [9.17, 15) is 0 Å². The van der Waals surface area contributed by atoms with Gasteiger partial charge in [0, 0.05) is 37.2 Å². The third-order valence-corrected chi connectivity index (χ3v) is 2.37. The average Bonchev–Trinajstić information content (AvgIpc) is 2.77. The molecule has 0 aliphatic carbocycles. The molecule has 0 aliphatic heterocycles. The molecule has 0 aromatic carbocycles. The minimum absolute atomic E-state index is 0.00546. The zero-order valence-electron chi connectivity index (χ0n) is 8.91. The van der Waals surface area contributed by atoms with Crippen LogP contribution in [0.4, 0.5) is 0 Å². The van der Waals surface area contributed by atoms with Gasteiger partial charge in [0.2, 0.25) is 0 Å². The van der Waals surface area contributed by atoms with Gasteiger partial charge in [-0.1, -0.05) is 0 Å². The van der Waals surface area contributed by atoms with Crippen LogP contribution in [-0.4, -0.2) is 25.6 Å². The lowest BCUT2D eigenvalue weighted by molar-refractivity contribution is 0.453. The summed E-state index contributed by atoms with van der Waals surface area (Å²) < 4.78 is 3.63. The zero-order chi connectivity index (χ0) is 10.8. The molecule has 0 aliphatic rings. The molecule has 5 nitrogen and oxygen atoms in total. The number of aryl methyl sites for hydroxylation is 1. The first-order valence-electron chi connectivity index (χ1n) is 4.91. The molecule has 0 saturated heterocycles. The molecular weight excluding hydrogens is 190 g/mol. The molecule has 0 spiro atoms. The zero-order valence-corrected chi connectivity index (χ0v) is 8.91. The molecule has 2 N–H and O–H groups in total. The molecule has 0 bridgehead atoms. The molecule has 80 valence electrons. The Kier molecular flexibility index (Phi) is 2.55. The van der Waals surface area contributed by atoms with Crippen molar-refractivity contribution in [1.82, 2.24) is 19.6 Å². The van der Waals surface area contributed by atoms with Crippen molar-refractivity contribution in [1.29, 1.82) is 0 Å². The molecule has 0 amide bonds. The molecule has 2 unspecified atom stereocenters. The summed E-state index contributed by atoms with van der Waals surface area (Å²) in [6.45, 7) is 1.97. The van der Waals surface area contributed by atoms with Gasteiger partial charge in [-0.15, -0.1) is 0 Å². The Bertz CT molecular complexity index is 415. The highest BCUT2D eigenvalue weighted by Crippen LogP contribution is 2.19. The van der Waals surface area contributed by atoms with Crippen LogP contribution in [0.3, 0.4) is 0 Å². The molecule has 2 atom stereocenters. The molecule has 5 heteroatoms. The molecule has 2 aromatic heterocycles. The van der Waals surface area contributed by atoms with Gasteiger partial charge in [-0.25, -0.2) is 0 Å². The van der Waals surface area contributed by atoms with Crippen LogP contribution in [0.1, 0.15) is 18.5 Å². The number of hydrogen-bond acceptors (Lipinski definition) is 3. The van der Waals surface area contributed by atoms with Crippen molar-refractivity contribution < 1.29 is 0 Å². The average molecular weight is 205 g/mol. The maximum Gasteiger partial charge on any atom is 0.0946 e. The number of hydrogen-bond donors (Lipinski definition) is 1. The Hall–Kier alpha value is -1.62. The Morgan fingerprint density at radius 3 is 2.67 bits per heavy atom. The van der Waals surface area contributed by atoms with E-state index in [4.69, 9.17) is 5.73 Å². The Labute approximate surface area is 88.5 Å². The van der Waals surface area contributed by atoms with E-state index < -0.39 is 0 Å². The van der Waals surface area contributed by atoms with E-state index in [2.05, 4.69) is 10.2 Å². The highest BCUT2D eigenvalue weighted by Gasteiger charge is 2.19. The van der Waals surface area contributed by atoms with E-state index >= 15 is 0 Å². The first kappa shape index (κ1) is 9.92. The van der Waals surface area contributed by atoms with Crippen LogP contribution in [0.5, 0.6) is 0 Å².